The molecular formula is C17H24N4. The van der Waals surface area contributed by atoms with E-state index in [1.807, 2.05) is 12.5 Å². The van der Waals surface area contributed by atoms with E-state index < -0.39 is 0 Å². The highest BCUT2D eigenvalue weighted by Gasteiger charge is 2.16. The highest BCUT2D eigenvalue weighted by Crippen LogP contribution is 2.25. The first-order chi connectivity index (χ1) is 10.2. The van der Waals surface area contributed by atoms with Crippen LogP contribution < -0.4 is 10.6 Å². The molecule has 3 rings (SSSR count). The highest BCUT2D eigenvalue weighted by atomic mass is 15.1. The van der Waals surface area contributed by atoms with E-state index in [1.165, 1.54) is 31.6 Å². The molecule has 2 N–H and O–H groups in total. The maximum Gasteiger partial charge on any atom is 0.0994 e. The summed E-state index contributed by atoms with van der Waals surface area (Å²) in [5.74, 6) is 0.393. The Labute approximate surface area is 126 Å². The summed E-state index contributed by atoms with van der Waals surface area (Å²) in [7, 11) is 0. The van der Waals surface area contributed by atoms with Crippen LogP contribution >= 0.6 is 0 Å². The normalized spacial score (nSPS) is 16.7. The van der Waals surface area contributed by atoms with Crippen LogP contribution in [0.2, 0.25) is 0 Å². The van der Waals surface area contributed by atoms with E-state index in [9.17, 15) is 0 Å². The van der Waals surface area contributed by atoms with Crippen LogP contribution in [0.15, 0.2) is 36.8 Å². The average molecular weight is 284 g/mol. The van der Waals surface area contributed by atoms with Gasteiger partial charge in [-0.25, -0.2) is 4.98 Å². The molecule has 1 saturated heterocycles. The smallest absolute Gasteiger partial charge is 0.0994 e. The van der Waals surface area contributed by atoms with E-state index in [-0.39, 0.29) is 6.04 Å². The molecule has 1 aromatic carbocycles. The largest absolute Gasteiger partial charge is 0.372 e. The monoisotopic (exact) mass is 284 g/mol. The lowest BCUT2D eigenvalue weighted by Gasteiger charge is -2.20. The Morgan fingerprint density at radius 3 is 2.29 bits per heavy atom. The van der Waals surface area contributed by atoms with Crippen molar-refractivity contribution in [3.63, 3.8) is 0 Å². The lowest BCUT2D eigenvalue weighted by Crippen LogP contribution is -2.20. The molecule has 0 bridgehead atoms. The van der Waals surface area contributed by atoms with Crippen molar-refractivity contribution in [2.75, 3.05) is 18.0 Å². The van der Waals surface area contributed by atoms with Crippen LogP contribution in [0.3, 0.4) is 0 Å². The van der Waals surface area contributed by atoms with Gasteiger partial charge in [-0.3, -0.25) is 0 Å². The third kappa shape index (κ3) is 2.81. The molecule has 4 heteroatoms. The van der Waals surface area contributed by atoms with Crippen molar-refractivity contribution in [2.24, 2.45) is 11.7 Å². The van der Waals surface area contributed by atoms with Gasteiger partial charge in [-0.15, -0.1) is 0 Å². The van der Waals surface area contributed by atoms with Gasteiger partial charge in [0.2, 0.25) is 0 Å². The van der Waals surface area contributed by atoms with Gasteiger partial charge >= 0.3 is 0 Å². The average Bonchev–Trinajstić information content (AvgIpc) is 3.18. The number of benzene rings is 1. The number of imidazole rings is 1. The fourth-order valence-corrected chi connectivity index (χ4v) is 2.91. The molecule has 0 radical (unpaired) electrons. The van der Waals surface area contributed by atoms with Crippen LogP contribution in [-0.2, 0) is 0 Å². The van der Waals surface area contributed by atoms with Crippen molar-refractivity contribution in [1.82, 2.24) is 9.55 Å². The van der Waals surface area contributed by atoms with Gasteiger partial charge in [-0.2, -0.15) is 0 Å². The SMILES string of the molecule is CC(C)C(N)c1cncn1-c1ccc(N2CCCC2)cc1. The highest BCUT2D eigenvalue weighted by molar-refractivity contribution is 5.52. The van der Waals surface area contributed by atoms with E-state index in [2.05, 4.69) is 52.6 Å². The number of aromatic nitrogens is 2. The van der Waals surface area contributed by atoms with Crippen LogP contribution in [0.1, 0.15) is 38.4 Å². The van der Waals surface area contributed by atoms with Gasteiger partial charge in [-0.1, -0.05) is 13.8 Å². The summed E-state index contributed by atoms with van der Waals surface area (Å²) in [4.78, 5) is 6.72. The summed E-state index contributed by atoms with van der Waals surface area (Å²) in [6.07, 6.45) is 6.33. The molecule has 1 aromatic heterocycles. The summed E-state index contributed by atoms with van der Waals surface area (Å²) in [5.41, 5.74) is 9.79. The summed E-state index contributed by atoms with van der Waals surface area (Å²) >= 11 is 0. The zero-order chi connectivity index (χ0) is 14.8. The molecule has 0 saturated carbocycles. The molecule has 1 atom stereocenters. The first-order valence-electron chi connectivity index (χ1n) is 7.80. The van der Waals surface area contributed by atoms with Crippen molar-refractivity contribution >= 4 is 5.69 Å². The van der Waals surface area contributed by atoms with Crippen LogP contribution in [0.5, 0.6) is 0 Å². The van der Waals surface area contributed by atoms with Crippen LogP contribution in [0, 0.1) is 5.92 Å². The Morgan fingerprint density at radius 2 is 1.67 bits per heavy atom. The zero-order valence-electron chi connectivity index (χ0n) is 12.9. The molecular weight excluding hydrogens is 260 g/mol. The van der Waals surface area contributed by atoms with Gasteiger partial charge in [0.25, 0.3) is 0 Å². The Hall–Kier alpha value is -1.81. The summed E-state index contributed by atoms with van der Waals surface area (Å²) in [5, 5.41) is 0. The summed E-state index contributed by atoms with van der Waals surface area (Å²) in [6.45, 7) is 6.62. The fraction of sp³-hybridized carbons (Fsp3) is 0.471. The van der Waals surface area contributed by atoms with E-state index in [1.54, 1.807) is 0 Å². The molecule has 112 valence electrons. The second-order valence-corrected chi connectivity index (χ2v) is 6.17. The molecule has 1 aliphatic rings. The van der Waals surface area contributed by atoms with E-state index >= 15 is 0 Å². The molecule has 0 spiro atoms. The van der Waals surface area contributed by atoms with Gasteiger partial charge in [0.05, 0.1) is 18.2 Å². The standard InChI is InChI=1S/C17H24N4/c1-13(2)17(18)16-11-19-12-21(16)15-7-5-14(6-8-15)20-9-3-4-10-20/h5-8,11-13,17H,3-4,9-10,18H2,1-2H3. The number of hydrogen-bond donors (Lipinski definition) is 1. The van der Waals surface area contributed by atoms with E-state index in [4.69, 9.17) is 5.73 Å². The predicted octanol–water partition coefficient (Wildman–Crippen LogP) is 3.13. The molecule has 2 aromatic rings. The Balaban J connectivity index is 1.86. The van der Waals surface area contributed by atoms with Gasteiger partial charge in [0, 0.05) is 30.5 Å². The number of hydrogen-bond acceptors (Lipinski definition) is 3. The lowest BCUT2D eigenvalue weighted by atomic mass is 10.0. The Bertz CT molecular complexity index is 579. The summed E-state index contributed by atoms with van der Waals surface area (Å²) in [6, 6.07) is 8.72. The van der Waals surface area contributed by atoms with Crippen molar-refractivity contribution in [2.45, 2.75) is 32.7 Å². The van der Waals surface area contributed by atoms with Crippen molar-refractivity contribution in [3.05, 3.63) is 42.5 Å². The first-order valence-corrected chi connectivity index (χ1v) is 7.80. The molecule has 0 amide bonds. The van der Waals surface area contributed by atoms with Crippen LogP contribution in [0.4, 0.5) is 5.69 Å². The predicted molar refractivity (Wildman–Crippen MR) is 86.8 cm³/mol. The van der Waals surface area contributed by atoms with Crippen molar-refractivity contribution in [1.29, 1.82) is 0 Å². The number of nitrogens with two attached hydrogens (primary N) is 1. The van der Waals surface area contributed by atoms with Gasteiger partial charge in [0.1, 0.15) is 0 Å². The molecule has 0 aliphatic carbocycles. The van der Waals surface area contributed by atoms with Crippen LogP contribution in [-0.4, -0.2) is 22.6 Å². The maximum atomic E-state index is 6.28. The Kier molecular flexibility index (Phi) is 3.97. The fourth-order valence-electron chi connectivity index (χ4n) is 2.91. The third-order valence-corrected chi connectivity index (χ3v) is 4.33. The Morgan fingerprint density at radius 1 is 1.05 bits per heavy atom. The van der Waals surface area contributed by atoms with Crippen molar-refractivity contribution in [3.8, 4) is 5.69 Å². The molecule has 1 fully saturated rings. The second-order valence-electron chi connectivity index (χ2n) is 6.17. The number of anilines is 1. The molecule has 4 nitrogen and oxygen atoms in total. The van der Waals surface area contributed by atoms with E-state index in [0.29, 0.717) is 5.92 Å². The number of rotatable bonds is 4. The van der Waals surface area contributed by atoms with Crippen molar-refractivity contribution < 1.29 is 0 Å². The molecule has 2 heterocycles. The van der Waals surface area contributed by atoms with Crippen LogP contribution in [0.25, 0.3) is 5.69 Å². The third-order valence-electron chi connectivity index (χ3n) is 4.33. The summed E-state index contributed by atoms with van der Waals surface area (Å²) < 4.78 is 2.10. The maximum absolute atomic E-state index is 6.28. The van der Waals surface area contributed by atoms with Gasteiger partial charge in [0.15, 0.2) is 0 Å². The second kappa shape index (κ2) is 5.90. The minimum Gasteiger partial charge on any atom is -0.372 e. The lowest BCUT2D eigenvalue weighted by molar-refractivity contribution is 0.497. The first kappa shape index (κ1) is 14.1. The molecule has 1 aliphatic heterocycles. The minimum atomic E-state index is 0.00533. The minimum absolute atomic E-state index is 0.00533. The van der Waals surface area contributed by atoms with E-state index in [0.717, 1.165) is 11.4 Å². The topological polar surface area (TPSA) is 47.1 Å². The number of nitrogens with zero attached hydrogens (tertiary/aromatic N) is 3. The molecule has 1 unspecified atom stereocenters. The zero-order valence-corrected chi connectivity index (χ0v) is 12.9. The van der Waals surface area contributed by atoms with Gasteiger partial charge < -0.3 is 15.2 Å². The van der Waals surface area contributed by atoms with Gasteiger partial charge in [-0.05, 0) is 43.0 Å². The molecule has 21 heavy (non-hydrogen) atoms. The quantitative estimate of drug-likeness (QED) is 0.938.